The third-order valence-corrected chi connectivity index (χ3v) is 17.7. The number of nitrogens with two attached hydrogens (primary N) is 1. The van der Waals surface area contributed by atoms with E-state index in [1.165, 1.54) is 270 Å². The Bertz CT molecular complexity index is 1740. The smallest absolute Gasteiger partial charge is 0.462 e. The normalized spacial score (nSPS) is 13.3. The molecule has 0 rings (SSSR count). The maximum atomic E-state index is 12.8. The summed E-state index contributed by atoms with van der Waals surface area (Å²) in [7, 11) is -4.40. The van der Waals surface area contributed by atoms with E-state index in [1.54, 1.807) is 0 Å². The van der Waals surface area contributed by atoms with Crippen LogP contribution in [0.25, 0.3) is 0 Å². The molecule has 0 spiro atoms. The van der Waals surface area contributed by atoms with Crippen LogP contribution < -0.4 is 5.73 Å². The number of allylic oxidation sites excluding steroid dienone is 14. The van der Waals surface area contributed by atoms with Gasteiger partial charge in [-0.25, -0.2) is 4.57 Å². The summed E-state index contributed by atoms with van der Waals surface area (Å²) in [5.74, 6) is -0.809. The molecule has 2 atom stereocenters. The van der Waals surface area contributed by atoms with E-state index >= 15 is 0 Å². The first-order valence-corrected chi connectivity index (χ1v) is 39.6. The van der Waals surface area contributed by atoms with Crippen molar-refractivity contribution in [3.8, 4) is 0 Å². The fraction of sp³-hybridized carbons (Fsp3) is 0.797. The molecule has 0 aromatic rings. The van der Waals surface area contributed by atoms with Crippen LogP contribution in [0.15, 0.2) is 85.1 Å². The second-order valence-electron chi connectivity index (χ2n) is 25.5. The van der Waals surface area contributed by atoms with E-state index < -0.39 is 26.5 Å². The molecule has 0 aromatic heterocycles. The van der Waals surface area contributed by atoms with E-state index in [9.17, 15) is 19.0 Å². The quantitative estimate of drug-likeness (QED) is 0.0264. The molecule has 10 heteroatoms. The molecule has 3 N–H and O–H groups in total. The number of carbonyl (C=O) groups excluding carboxylic acids is 2. The van der Waals surface area contributed by atoms with Gasteiger partial charge in [-0.2, -0.15) is 0 Å². The molecule has 0 saturated carbocycles. The second-order valence-corrected chi connectivity index (χ2v) is 26.9. The Morgan fingerprint density at radius 1 is 0.348 bits per heavy atom. The zero-order valence-electron chi connectivity index (χ0n) is 58.4. The largest absolute Gasteiger partial charge is 0.472 e. The number of carbonyl (C=O) groups is 2. The van der Waals surface area contributed by atoms with Crippen molar-refractivity contribution >= 4 is 19.8 Å². The van der Waals surface area contributed by atoms with Gasteiger partial charge in [0.1, 0.15) is 6.61 Å². The third-order valence-electron chi connectivity index (χ3n) is 16.8. The minimum atomic E-state index is -4.40. The van der Waals surface area contributed by atoms with Crippen LogP contribution in [0.1, 0.15) is 373 Å². The average molecular weight is 1270 g/mol. The maximum absolute atomic E-state index is 12.8. The van der Waals surface area contributed by atoms with E-state index in [2.05, 4.69) is 98.9 Å². The molecular weight excluding hydrogens is 1120 g/mol. The zero-order chi connectivity index (χ0) is 64.4. The van der Waals surface area contributed by atoms with Gasteiger partial charge in [-0.05, 0) is 89.9 Å². The Balaban J connectivity index is 3.80. The van der Waals surface area contributed by atoms with Gasteiger partial charge in [-0.1, -0.05) is 356 Å². The Hall–Kier alpha value is -2.81. The van der Waals surface area contributed by atoms with Gasteiger partial charge in [0.2, 0.25) is 0 Å². The number of ether oxygens (including phenoxy) is 2. The number of phosphoric acid groups is 1. The van der Waals surface area contributed by atoms with E-state index in [0.717, 1.165) is 70.6 Å². The molecule has 0 aliphatic rings. The summed E-state index contributed by atoms with van der Waals surface area (Å²) in [4.78, 5) is 35.4. The first-order valence-electron chi connectivity index (χ1n) is 38.1. The van der Waals surface area contributed by atoms with Crippen LogP contribution >= 0.6 is 7.82 Å². The molecule has 0 aliphatic heterocycles. The van der Waals surface area contributed by atoms with Gasteiger partial charge in [-0.15, -0.1) is 0 Å². The molecule has 0 radical (unpaired) electrons. The van der Waals surface area contributed by atoms with Crippen LogP contribution in [0.5, 0.6) is 0 Å². The Kier molecular flexibility index (Phi) is 71.9. The highest BCUT2D eigenvalue weighted by atomic mass is 31.2. The Labute approximate surface area is 551 Å². The van der Waals surface area contributed by atoms with E-state index in [0.29, 0.717) is 6.42 Å². The van der Waals surface area contributed by atoms with Crippen molar-refractivity contribution in [2.45, 2.75) is 380 Å². The molecule has 0 aromatic carbocycles. The fourth-order valence-electron chi connectivity index (χ4n) is 11.2. The van der Waals surface area contributed by atoms with Crippen LogP contribution in [0.3, 0.4) is 0 Å². The lowest BCUT2D eigenvalue weighted by Gasteiger charge is -2.19. The highest BCUT2D eigenvalue weighted by Gasteiger charge is 2.26. The van der Waals surface area contributed by atoms with Crippen molar-refractivity contribution in [3.05, 3.63) is 85.1 Å². The topological polar surface area (TPSA) is 134 Å². The van der Waals surface area contributed by atoms with Crippen LogP contribution in [0.4, 0.5) is 0 Å². The fourth-order valence-corrected chi connectivity index (χ4v) is 11.9. The summed E-state index contributed by atoms with van der Waals surface area (Å²) < 4.78 is 33.3. The highest BCUT2D eigenvalue weighted by Crippen LogP contribution is 2.43. The molecule has 2 unspecified atom stereocenters. The SMILES string of the molecule is CC/C=C\C/C=C\C/C=C\C/C=C\CCCCCCCCCCCCCCCCCCCCCCCCC(=O)OC(COC(=O)CCCCCCCCCCCCCCCCCCCC/C=C\C/C=C\C/C=C\CCCCCCC)COP(=O)(O)OCCN. The third kappa shape index (κ3) is 74.1. The van der Waals surface area contributed by atoms with Crippen molar-refractivity contribution < 1.29 is 37.6 Å². The molecule has 9 nitrogen and oxygen atoms in total. The molecule has 0 aliphatic carbocycles. The minimum absolute atomic E-state index is 0.0537. The van der Waals surface area contributed by atoms with Gasteiger partial charge in [0.15, 0.2) is 6.10 Å². The van der Waals surface area contributed by atoms with Crippen molar-refractivity contribution in [3.63, 3.8) is 0 Å². The van der Waals surface area contributed by atoms with E-state index in [4.69, 9.17) is 24.3 Å². The van der Waals surface area contributed by atoms with Gasteiger partial charge in [0, 0.05) is 19.4 Å². The number of unbranched alkanes of at least 4 members (excludes halogenated alkanes) is 45. The number of rotatable bonds is 72. The minimum Gasteiger partial charge on any atom is -0.462 e. The maximum Gasteiger partial charge on any atom is 0.472 e. The standard InChI is InChI=1S/C79H144NO8P/c1-3-5-7-9-11-13-15-17-19-21-23-25-27-29-31-33-35-37-38-40-42-44-46-48-50-52-54-56-58-60-62-64-66-68-70-72-79(82)88-77(76-87-89(83,84)86-74-73-80)75-85-78(81)71-69-67-65-63-61-59-57-55-53-51-49-47-45-43-41-39-36-34-32-30-28-26-24-22-20-18-16-14-12-10-8-6-4-2/h5,7,11,13,16-19,22-25,28,30,77H,3-4,6,8-10,12,14-15,20-21,26-27,29,31-76,80H2,1-2H3,(H,83,84)/b7-5-,13-11-,18-16-,19-17-,24-22-,25-23-,30-28-. The molecular formula is C79H144NO8P. The molecule has 0 amide bonds. The number of phosphoric ester groups is 1. The Morgan fingerprint density at radius 3 is 0.921 bits per heavy atom. The van der Waals surface area contributed by atoms with Crippen LogP contribution in [0, 0.1) is 0 Å². The van der Waals surface area contributed by atoms with Crippen LogP contribution in [0.2, 0.25) is 0 Å². The summed E-state index contributed by atoms with van der Waals surface area (Å²) in [6, 6.07) is 0. The van der Waals surface area contributed by atoms with Crippen molar-refractivity contribution in [2.75, 3.05) is 26.4 Å². The summed E-state index contributed by atoms with van der Waals surface area (Å²) in [6.07, 6.45) is 99.9. The second kappa shape index (κ2) is 74.2. The van der Waals surface area contributed by atoms with Gasteiger partial charge < -0.3 is 20.1 Å². The van der Waals surface area contributed by atoms with Crippen LogP contribution in [-0.2, 0) is 32.7 Å². The number of hydrogen-bond acceptors (Lipinski definition) is 8. The lowest BCUT2D eigenvalue weighted by Crippen LogP contribution is -2.29. The molecule has 0 saturated heterocycles. The van der Waals surface area contributed by atoms with E-state index in [1.807, 2.05) is 0 Å². The predicted octanol–water partition coefficient (Wildman–Crippen LogP) is 25.3. The lowest BCUT2D eigenvalue weighted by atomic mass is 10.0. The van der Waals surface area contributed by atoms with Gasteiger partial charge in [-0.3, -0.25) is 18.6 Å². The average Bonchev–Trinajstić information content (AvgIpc) is 3.66. The van der Waals surface area contributed by atoms with Crippen LogP contribution in [-0.4, -0.2) is 49.3 Å². The monoisotopic (exact) mass is 1270 g/mol. The predicted molar refractivity (Wildman–Crippen MR) is 386 cm³/mol. The summed E-state index contributed by atoms with van der Waals surface area (Å²) in [6.45, 7) is 3.68. The number of esters is 2. The molecule has 0 heterocycles. The van der Waals surface area contributed by atoms with Gasteiger partial charge in [0.25, 0.3) is 0 Å². The first-order chi connectivity index (χ1) is 43.8. The van der Waals surface area contributed by atoms with Crippen molar-refractivity contribution in [1.29, 1.82) is 0 Å². The van der Waals surface area contributed by atoms with Crippen molar-refractivity contribution in [1.82, 2.24) is 0 Å². The highest BCUT2D eigenvalue weighted by molar-refractivity contribution is 7.47. The lowest BCUT2D eigenvalue weighted by molar-refractivity contribution is -0.161. The van der Waals surface area contributed by atoms with Gasteiger partial charge in [0.05, 0.1) is 13.2 Å². The van der Waals surface area contributed by atoms with Crippen molar-refractivity contribution in [2.24, 2.45) is 5.73 Å². The summed E-state index contributed by atoms with van der Waals surface area (Å²) in [5, 5.41) is 0. The molecule has 518 valence electrons. The van der Waals surface area contributed by atoms with Gasteiger partial charge >= 0.3 is 19.8 Å². The zero-order valence-corrected chi connectivity index (χ0v) is 59.3. The number of hydrogen-bond donors (Lipinski definition) is 2. The first kappa shape index (κ1) is 86.2. The molecule has 0 fully saturated rings. The molecule has 0 bridgehead atoms. The summed E-state index contributed by atoms with van der Waals surface area (Å²) >= 11 is 0. The van der Waals surface area contributed by atoms with E-state index in [-0.39, 0.29) is 38.6 Å². The Morgan fingerprint density at radius 2 is 0.618 bits per heavy atom. The molecule has 89 heavy (non-hydrogen) atoms. The summed E-state index contributed by atoms with van der Waals surface area (Å²) in [5.41, 5.74) is 5.41.